The Hall–Kier alpha value is -3.29. The maximum Gasteiger partial charge on any atom is 0.408 e. The van der Waals surface area contributed by atoms with Crippen LogP contribution >= 0.6 is 0 Å². The van der Waals surface area contributed by atoms with Gasteiger partial charge in [-0.15, -0.1) is 0 Å². The first-order valence-corrected chi connectivity index (χ1v) is 11.9. The number of hydrogen-bond donors (Lipinski definition) is 1. The molecule has 4 aromatic heterocycles. The van der Waals surface area contributed by atoms with Crippen LogP contribution in [0, 0.1) is 5.82 Å². The van der Waals surface area contributed by atoms with E-state index in [-0.39, 0.29) is 39.1 Å². The topological polar surface area (TPSA) is 107 Å². The summed E-state index contributed by atoms with van der Waals surface area (Å²) in [6.45, 7) is -1.41. The average Bonchev–Trinajstić information content (AvgIpc) is 3.20. The molecule has 1 aliphatic rings. The summed E-state index contributed by atoms with van der Waals surface area (Å²) in [4.78, 5) is 4.45. The molecule has 0 aromatic carbocycles. The van der Waals surface area contributed by atoms with Gasteiger partial charge < -0.3 is 0 Å². The first kappa shape index (κ1) is 21.6. The van der Waals surface area contributed by atoms with Gasteiger partial charge in [0.05, 0.1) is 27.3 Å². The smallest absolute Gasteiger partial charge is 0.276 e. The lowest BCUT2D eigenvalue weighted by Crippen LogP contribution is -2.18. The summed E-state index contributed by atoms with van der Waals surface area (Å²) in [5.41, 5.74) is 0.504. The Morgan fingerprint density at radius 2 is 2.09 bits per heavy atom. The zero-order valence-corrected chi connectivity index (χ0v) is 18.3. The number of halogens is 4. The normalized spacial score (nSPS) is 16.3. The largest absolute Gasteiger partial charge is 0.408 e. The highest BCUT2D eigenvalue weighted by Gasteiger charge is 2.34. The van der Waals surface area contributed by atoms with E-state index in [1.54, 1.807) is 0 Å². The minimum absolute atomic E-state index is 0.00230. The van der Waals surface area contributed by atoms with E-state index in [1.165, 1.54) is 36.3 Å². The van der Waals surface area contributed by atoms with Crippen LogP contribution in [0.4, 0.5) is 23.2 Å². The fourth-order valence-electron chi connectivity index (χ4n) is 3.68. The van der Waals surface area contributed by atoms with Gasteiger partial charge in [-0.3, -0.25) is 14.5 Å². The summed E-state index contributed by atoms with van der Waals surface area (Å²) in [7, 11) is -1.24. The third-order valence-corrected chi connectivity index (χ3v) is 7.59. The van der Waals surface area contributed by atoms with Crippen LogP contribution in [0.3, 0.4) is 0 Å². The Labute approximate surface area is 185 Å². The zero-order chi connectivity index (χ0) is 23.5. The summed E-state index contributed by atoms with van der Waals surface area (Å²) in [5.74, 6) is -0.666. The predicted molar refractivity (Wildman–Crippen MR) is 113 cm³/mol. The van der Waals surface area contributed by atoms with E-state index in [9.17, 15) is 21.8 Å². The van der Waals surface area contributed by atoms with E-state index in [0.29, 0.717) is 5.69 Å². The lowest BCUT2D eigenvalue weighted by Gasteiger charge is -2.11. The number of H-pyrrole nitrogens is 1. The van der Waals surface area contributed by atoms with Gasteiger partial charge in [-0.2, -0.15) is 32.8 Å². The van der Waals surface area contributed by atoms with Gasteiger partial charge in [0.1, 0.15) is 34.7 Å². The molecule has 1 atom stereocenters. The molecule has 33 heavy (non-hydrogen) atoms. The highest BCUT2D eigenvalue weighted by molar-refractivity contribution is 7.93. The lowest BCUT2D eigenvalue weighted by atomic mass is 10.2. The van der Waals surface area contributed by atoms with Crippen LogP contribution in [-0.4, -0.2) is 56.6 Å². The van der Waals surface area contributed by atoms with Crippen molar-refractivity contribution in [3.63, 3.8) is 0 Å². The SMILES string of the molecule is Cn1ncc(F)c1-c1cc(N=S(C)(=O)C2CC2)c2c(n1)c(-c1ccn[nH]1)nn2CC(F)(F)F. The van der Waals surface area contributed by atoms with Crippen LogP contribution in [0.15, 0.2) is 28.9 Å². The number of aryl methyl sites for hydroxylation is 1. The van der Waals surface area contributed by atoms with Gasteiger partial charge in [0, 0.05) is 24.8 Å². The maximum atomic E-state index is 14.5. The Balaban J connectivity index is 1.87. The van der Waals surface area contributed by atoms with E-state index in [2.05, 4.69) is 29.7 Å². The van der Waals surface area contributed by atoms with Crippen LogP contribution < -0.4 is 0 Å². The van der Waals surface area contributed by atoms with Gasteiger partial charge in [-0.05, 0) is 25.0 Å². The third-order valence-electron chi connectivity index (χ3n) is 5.32. The monoisotopic (exact) mass is 482 g/mol. The second-order valence-electron chi connectivity index (χ2n) is 7.93. The highest BCUT2D eigenvalue weighted by atomic mass is 32.2. The third kappa shape index (κ3) is 3.98. The highest BCUT2D eigenvalue weighted by Crippen LogP contribution is 2.39. The second-order valence-corrected chi connectivity index (χ2v) is 10.5. The van der Waals surface area contributed by atoms with Gasteiger partial charge in [0.15, 0.2) is 5.82 Å². The molecular weight excluding hydrogens is 464 g/mol. The number of fused-ring (bicyclic) bond motifs is 1. The number of rotatable bonds is 5. The molecule has 1 fully saturated rings. The number of hydrogen-bond acceptors (Lipinski definition) is 6. The number of pyridine rings is 1. The van der Waals surface area contributed by atoms with Crippen molar-refractivity contribution in [1.29, 1.82) is 0 Å². The summed E-state index contributed by atoms with van der Waals surface area (Å²) in [5, 5.41) is 14.4. The molecule has 5 rings (SSSR count). The molecule has 1 N–H and O–H groups in total. The minimum atomic E-state index is -4.58. The first-order valence-electron chi connectivity index (χ1n) is 9.90. The minimum Gasteiger partial charge on any atom is -0.276 e. The van der Waals surface area contributed by atoms with Crippen LogP contribution in [0.1, 0.15) is 12.8 Å². The quantitative estimate of drug-likeness (QED) is 0.436. The van der Waals surface area contributed by atoms with Crippen molar-refractivity contribution in [2.24, 2.45) is 11.4 Å². The van der Waals surface area contributed by atoms with Gasteiger partial charge in [0.25, 0.3) is 0 Å². The summed E-state index contributed by atoms with van der Waals surface area (Å²) in [6.07, 6.45) is 0.759. The number of nitrogens with zero attached hydrogens (tertiary/aromatic N) is 7. The van der Waals surface area contributed by atoms with Gasteiger partial charge >= 0.3 is 6.18 Å². The van der Waals surface area contributed by atoms with Crippen LogP contribution in [0.25, 0.3) is 33.8 Å². The molecule has 14 heteroatoms. The van der Waals surface area contributed by atoms with Crippen molar-refractivity contribution in [3.8, 4) is 22.8 Å². The lowest BCUT2D eigenvalue weighted by molar-refractivity contribution is -0.141. The van der Waals surface area contributed by atoms with Crippen molar-refractivity contribution in [2.75, 3.05) is 6.26 Å². The molecule has 4 aromatic rings. The van der Waals surface area contributed by atoms with Crippen molar-refractivity contribution in [1.82, 2.24) is 34.7 Å². The van der Waals surface area contributed by atoms with Crippen molar-refractivity contribution in [3.05, 3.63) is 30.3 Å². The Kier molecular flexibility index (Phi) is 4.81. The molecular formula is C19H18F4N8OS. The molecule has 0 spiro atoms. The molecule has 0 amide bonds. The summed E-state index contributed by atoms with van der Waals surface area (Å²) in [6, 6.07) is 2.86. The summed E-state index contributed by atoms with van der Waals surface area (Å²) >= 11 is 0. The van der Waals surface area contributed by atoms with Crippen LogP contribution in [0.2, 0.25) is 0 Å². The van der Waals surface area contributed by atoms with Gasteiger partial charge in [-0.1, -0.05) is 0 Å². The molecule has 0 aliphatic heterocycles. The molecule has 1 saturated carbocycles. The van der Waals surface area contributed by atoms with Crippen LogP contribution in [-0.2, 0) is 23.3 Å². The fraction of sp³-hybridized carbons (Fsp3) is 0.368. The van der Waals surface area contributed by atoms with Gasteiger partial charge in [-0.25, -0.2) is 13.6 Å². The maximum absolute atomic E-state index is 14.5. The Morgan fingerprint density at radius 3 is 2.67 bits per heavy atom. The average molecular weight is 482 g/mol. The molecule has 0 radical (unpaired) electrons. The molecule has 9 nitrogen and oxygen atoms in total. The molecule has 0 bridgehead atoms. The fourth-order valence-corrected chi connectivity index (χ4v) is 5.37. The van der Waals surface area contributed by atoms with Gasteiger partial charge in [0.2, 0.25) is 0 Å². The number of alkyl halides is 3. The van der Waals surface area contributed by atoms with Crippen LogP contribution in [0.5, 0.6) is 0 Å². The number of aromatic nitrogens is 7. The standard InChI is InChI=1S/C19H18F4N8OS/c1-30-17(11(20)8-25-30)13-7-14(29-33(2,32)10-3-4-10)18-16(26-13)15(12-5-6-24-27-12)28-31(18)9-19(21,22)23/h5-8,10H,3-4,9H2,1-2H3,(H,24,27). The number of aromatic amines is 1. The first-order chi connectivity index (χ1) is 15.5. The zero-order valence-electron chi connectivity index (χ0n) is 17.5. The van der Waals surface area contributed by atoms with E-state index < -0.39 is 28.3 Å². The molecule has 174 valence electrons. The summed E-state index contributed by atoms with van der Waals surface area (Å²) < 4.78 is 74.2. The van der Waals surface area contributed by atoms with E-state index >= 15 is 0 Å². The molecule has 1 aliphatic carbocycles. The Bertz CT molecular complexity index is 1450. The molecule has 1 unspecified atom stereocenters. The van der Waals surface area contributed by atoms with Crippen molar-refractivity contribution in [2.45, 2.75) is 30.8 Å². The van der Waals surface area contributed by atoms with E-state index in [4.69, 9.17) is 0 Å². The Morgan fingerprint density at radius 1 is 1.33 bits per heavy atom. The van der Waals surface area contributed by atoms with Crippen molar-refractivity contribution >= 4 is 26.4 Å². The predicted octanol–water partition coefficient (Wildman–Crippen LogP) is 3.82. The van der Waals surface area contributed by atoms with Crippen molar-refractivity contribution < 1.29 is 21.8 Å². The second kappa shape index (κ2) is 7.37. The molecule has 4 heterocycles. The van der Waals surface area contributed by atoms with E-state index in [1.807, 2.05) is 0 Å². The number of nitrogens with one attached hydrogen (secondary N) is 1. The van der Waals surface area contributed by atoms with E-state index in [0.717, 1.165) is 23.7 Å². The molecule has 0 saturated heterocycles.